The first-order valence-corrected chi connectivity index (χ1v) is 7.86. The predicted molar refractivity (Wildman–Crippen MR) is 84.5 cm³/mol. The van der Waals surface area contributed by atoms with Gasteiger partial charge in [-0.15, -0.1) is 0 Å². The number of nitrogens with one attached hydrogen (secondary N) is 1. The summed E-state index contributed by atoms with van der Waals surface area (Å²) in [6.07, 6.45) is 1.02. The highest BCUT2D eigenvalue weighted by Gasteiger charge is 2.39. The van der Waals surface area contributed by atoms with Gasteiger partial charge in [0.25, 0.3) is 0 Å². The number of ether oxygens (including phenoxy) is 1. The molecule has 1 saturated heterocycles. The lowest BCUT2D eigenvalue weighted by Crippen LogP contribution is -2.47. The number of carbonyl (C=O) groups is 2. The van der Waals surface area contributed by atoms with E-state index in [2.05, 4.69) is 5.32 Å². The summed E-state index contributed by atoms with van der Waals surface area (Å²) in [4.78, 5) is 26.2. The van der Waals surface area contributed by atoms with E-state index in [4.69, 9.17) is 4.74 Å². The predicted octanol–water partition coefficient (Wildman–Crippen LogP) is 2.13. The van der Waals surface area contributed by atoms with Gasteiger partial charge in [0.15, 0.2) is 0 Å². The van der Waals surface area contributed by atoms with Crippen molar-refractivity contribution >= 4 is 11.8 Å². The summed E-state index contributed by atoms with van der Waals surface area (Å²) in [5.74, 6) is 0.694. The molecule has 22 heavy (non-hydrogen) atoms. The maximum Gasteiger partial charge on any atom is 0.225 e. The van der Waals surface area contributed by atoms with E-state index in [9.17, 15) is 9.59 Å². The normalized spacial score (nSPS) is 21.6. The number of amides is 2. The molecule has 5 heteroatoms. The van der Waals surface area contributed by atoms with Gasteiger partial charge in [0.1, 0.15) is 5.75 Å². The van der Waals surface area contributed by atoms with Crippen LogP contribution >= 0.6 is 0 Å². The van der Waals surface area contributed by atoms with Crippen molar-refractivity contribution in [1.29, 1.82) is 0 Å². The Morgan fingerprint density at radius 2 is 2.00 bits per heavy atom. The zero-order valence-corrected chi connectivity index (χ0v) is 13.5. The van der Waals surface area contributed by atoms with Crippen LogP contribution in [0.4, 0.5) is 0 Å². The van der Waals surface area contributed by atoms with Gasteiger partial charge in [-0.3, -0.25) is 9.59 Å². The van der Waals surface area contributed by atoms with Gasteiger partial charge in [0, 0.05) is 20.0 Å². The quantitative estimate of drug-likeness (QED) is 0.906. The van der Waals surface area contributed by atoms with Crippen molar-refractivity contribution in [1.82, 2.24) is 10.2 Å². The molecule has 0 saturated carbocycles. The van der Waals surface area contributed by atoms with E-state index < -0.39 is 0 Å². The molecule has 0 spiro atoms. The summed E-state index contributed by atoms with van der Waals surface area (Å²) in [6, 6.07) is 7.49. The average molecular weight is 304 g/mol. The van der Waals surface area contributed by atoms with Crippen molar-refractivity contribution in [3.05, 3.63) is 29.8 Å². The molecule has 0 radical (unpaired) electrons. The zero-order valence-electron chi connectivity index (χ0n) is 13.5. The number of hydrogen-bond acceptors (Lipinski definition) is 3. The highest BCUT2D eigenvalue weighted by Crippen LogP contribution is 2.37. The van der Waals surface area contributed by atoms with Crippen LogP contribution in [0.5, 0.6) is 5.75 Å². The third-order valence-corrected chi connectivity index (χ3v) is 4.16. The van der Waals surface area contributed by atoms with E-state index in [1.54, 1.807) is 11.9 Å². The molecular formula is C17H24N2O3. The van der Waals surface area contributed by atoms with Crippen molar-refractivity contribution in [2.75, 3.05) is 20.2 Å². The van der Waals surface area contributed by atoms with E-state index in [0.29, 0.717) is 26.0 Å². The Morgan fingerprint density at radius 3 is 2.55 bits per heavy atom. The summed E-state index contributed by atoms with van der Waals surface area (Å²) in [7, 11) is 1.64. The van der Waals surface area contributed by atoms with E-state index in [0.717, 1.165) is 11.3 Å². The van der Waals surface area contributed by atoms with Gasteiger partial charge in [0.2, 0.25) is 11.8 Å². The minimum Gasteiger partial charge on any atom is -0.494 e. The topological polar surface area (TPSA) is 58.6 Å². The first-order chi connectivity index (χ1) is 10.6. The summed E-state index contributed by atoms with van der Waals surface area (Å²) in [5.41, 5.74) is 0.979. The number of likely N-dealkylation sites (tertiary alicyclic amines) is 1. The zero-order chi connectivity index (χ0) is 16.1. The minimum atomic E-state index is -0.208. The Kier molecular flexibility index (Phi) is 5.41. The Bertz CT molecular complexity index is 527. The third kappa shape index (κ3) is 3.24. The van der Waals surface area contributed by atoms with Gasteiger partial charge in [-0.25, -0.2) is 0 Å². The van der Waals surface area contributed by atoms with Gasteiger partial charge in [-0.2, -0.15) is 0 Å². The molecule has 0 unspecified atom stereocenters. The van der Waals surface area contributed by atoms with E-state index in [1.165, 1.54) is 0 Å². The van der Waals surface area contributed by atoms with Crippen LogP contribution in [0.2, 0.25) is 0 Å². The number of piperidine rings is 1. The van der Waals surface area contributed by atoms with Crippen LogP contribution in [0, 0.1) is 5.92 Å². The van der Waals surface area contributed by atoms with Gasteiger partial charge in [0.05, 0.1) is 18.6 Å². The molecule has 0 bridgehead atoms. The standard InChI is InChI=1S/C17H24N2O3/c1-4-19-15(20)11-10-14(17(21)18-3)16(19)12-6-8-13(9-7-12)22-5-2/h6-9,14,16H,4-5,10-11H2,1-3H3,(H,18,21)/t14-,16+/m1/s1. The monoisotopic (exact) mass is 304 g/mol. The van der Waals surface area contributed by atoms with Crippen LogP contribution in [0.25, 0.3) is 0 Å². The van der Waals surface area contributed by atoms with Crippen LogP contribution in [-0.4, -0.2) is 36.9 Å². The molecule has 1 heterocycles. The third-order valence-electron chi connectivity index (χ3n) is 4.16. The van der Waals surface area contributed by atoms with Crippen molar-refractivity contribution < 1.29 is 14.3 Å². The Balaban J connectivity index is 2.34. The molecule has 1 aromatic rings. The van der Waals surface area contributed by atoms with E-state index in [1.807, 2.05) is 38.1 Å². The lowest BCUT2D eigenvalue weighted by Gasteiger charge is -2.40. The van der Waals surface area contributed by atoms with Crippen LogP contribution in [0.1, 0.15) is 38.3 Å². The molecular weight excluding hydrogens is 280 g/mol. The van der Waals surface area contributed by atoms with Gasteiger partial charge in [-0.1, -0.05) is 12.1 Å². The summed E-state index contributed by atoms with van der Waals surface area (Å²) >= 11 is 0. The van der Waals surface area contributed by atoms with Crippen LogP contribution in [0.15, 0.2) is 24.3 Å². The summed E-state index contributed by atoms with van der Waals surface area (Å²) < 4.78 is 5.46. The summed E-state index contributed by atoms with van der Waals surface area (Å²) in [5, 5.41) is 2.72. The van der Waals surface area contributed by atoms with Crippen LogP contribution in [0.3, 0.4) is 0 Å². The molecule has 0 aromatic heterocycles. The fourth-order valence-electron chi connectivity index (χ4n) is 3.13. The Hall–Kier alpha value is -2.04. The van der Waals surface area contributed by atoms with E-state index >= 15 is 0 Å². The van der Waals surface area contributed by atoms with Crippen LogP contribution < -0.4 is 10.1 Å². The van der Waals surface area contributed by atoms with Gasteiger partial charge < -0.3 is 15.0 Å². The van der Waals surface area contributed by atoms with Crippen LogP contribution in [-0.2, 0) is 9.59 Å². The largest absolute Gasteiger partial charge is 0.494 e. The Morgan fingerprint density at radius 1 is 1.32 bits per heavy atom. The fraction of sp³-hybridized carbons (Fsp3) is 0.529. The number of benzene rings is 1. The lowest BCUT2D eigenvalue weighted by atomic mass is 9.83. The highest BCUT2D eigenvalue weighted by molar-refractivity contribution is 5.84. The van der Waals surface area contributed by atoms with E-state index in [-0.39, 0.29) is 23.8 Å². The number of carbonyl (C=O) groups excluding carboxylic acids is 2. The van der Waals surface area contributed by atoms with Gasteiger partial charge in [-0.05, 0) is 38.0 Å². The summed E-state index contributed by atoms with van der Waals surface area (Å²) in [6.45, 7) is 5.10. The van der Waals surface area contributed by atoms with Crippen molar-refractivity contribution in [2.24, 2.45) is 5.92 Å². The lowest BCUT2D eigenvalue weighted by molar-refractivity contribution is -0.143. The first-order valence-electron chi connectivity index (χ1n) is 7.86. The molecule has 1 aliphatic heterocycles. The molecule has 1 aromatic carbocycles. The SMILES string of the molecule is CCOc1ccc([C@H]2[C@H](C(=O)NC)CCC(=O)N2CC)cc1. The molecule has 1 aliphatic rings. The van der Waals surface area contributed by atoms with Crippen molar-refractivity contribution in [3.63, 3.8) is 0 Å². The molecule has 1 N–H and O–H groups in total. The Labute approximate surface area is 131 Å². The molecule has 5 nitrogen and oxygen atoms in total. The van der Waals surface area contributed by atoms with Crippen molar-refractivity contribution in [3.8, 4) is 5.75 Å². The second-order valence-electron chi connectivity index (χ2n) is 5.39. The average Bonchev–Trinajstić information content (AvgIpc) is 2.55. The second-order valence-corrected chi connectivity index (χ2v) is 5.39. The molecule has 1 fully saturated rings. The molecule has 2 rings (SSSR count). The fourth-order valence-corrected chi connectivity index (χ4v) is 3.13. The first kappa shape index (κ1) is 16.3. The maximum absolute atomic E-state index is 12.2. The smallest absolute Gasteiger partial charge is 0.225 e. The maximum atomic E-state index is 12.2. The minimum absolute atomic E-state index is 0.00941. The molecule has 120 valence electrons. The second kappa shape index (κ2) is 7.29. The van der Waals surface area contributed by atoms with Crippen molar-refractivity contribution in [2.45, 2.75) is 32.7 Å². The number of nitrogens with zero attached hydrogens (tertiary/aromatic N) is 1. The number of rotatable bonds is 5. The number of hydrogen-bond donors (Lipinski definition) is 1. The van der Waals surface area contributed by atoms with Gasteiger partial charge >= 0.3 is 0 Å². The molecule has 0 aliphatic carbocycles. The molecule has 2 amide bonds. The highest BCUT2D eigenvalue weighted by atomic mass is 16.5. The molecule has 2 atom stereocenters.